The molecule has 2 aliphatic carbocycles. The number of aromatic nitrogens is 2. The number of rotatable bonds is 6. The first-order chi connectivity index (χ1) is 12.2. The van der Waals surface area contributed by atoms with Gasteiger partial charge in [-0.2, -0.15) is 5.10 Å². The largest absolute Gasteiger partial charge is 0.391 e. The first-order valence-electron chi connectivity index (χ1n) is 9.21. The van der Waals surface area contributed by atoms with E-state index >= 15 is 0 Å². The van der Waals surface area contributed by atoms with Crippen LogP contribution in [0.3, 0.4) is 0 Å². The van der Waals surface area contributed by atoms with Crippen LogP contribution in [0.5, 0.6) is 0 Å². The summed E-state index contributed by atoms with van der Waals surface area (Å²) in [6.07, 6.45) is 7.65. The molecule has 132 valence electrons. The van der Waals surface area contributed by atoms with Gasteiger partial charge in [0.05, 0.1) is 18.6 Å². The minimum atomic E-state index is -0.470. The molecule has 5 heteroatoms. The fraction of sp³-hybridized carbons (Fsp3) is 0.500. The highest BCUT2D eigenvalue weighted by atomic mass is 16.3. The lowest BCUT2D eigenvalue weighted by atomic mass is 10.0. The number of carbonyl (C=O) groups is 1. The molecule has 1 aromatic heterocycles. The topological polar surface area (TPSA) is 67.2 Å². The van der Waals surface area contributed by atoms with E-state index in [0.717, 1.165) is 18.5 Å². The maximum Gasteiger partial charge on any atom is 0.224 e. The van der Waals surface area contributed by atoms with Crippen molar-refractivity contribution in [1.29, 1.82) is 0 Å². The van der Waals surface area contributed by atoms with Gasteiger partial charge in [0.1, 0.15) is 0 Å². The lowest BCUT2D eigenvalue weighted by Gasteiger charge is -2.16. The second kappa shape index (κ2) is 7.00. The molecule has 25 heavy (non-hydrogen) atoms. The summed E-state index contributed by atoms with van der Waals surface area (Å²) in [5.74, 6) is 1.04. The van der Waals surface area contributed by atoms with Crippen LogP contribution in [0.15, 0.2) is 42.7 Å². The Morgan fingerprint density at radius 1 is 1.28 bits per heavy atom. The normalized spacial score (nSPS) is 25.9. The highest BCUT2D eigenvalue weighted by molar-refractivity contribution is 5.79. The molecule has 2 aliphatic rings. The molecular weight excluding hydrogens is 314 g/mol. The Hall–Kier alpha value is -2.14. The van der Waals surface area contributed by atoms with Crippen molar-refractivity contribution >= 4 is 5.91 Å². The SMILES string of the molecule is O=C(Cc1cccc(C2CC2)c1)N[C@@H]1CC(Cn2cccn2)C[C@H]1O. The van der Waals surface area contributed by atoms with Crippen molar-refractivity contribution in [1.82, 2.24) is 15.1 Å². The number of aliphatic hydroxyl groups is 1. The molecule has 1 unspecified atom stereocenters. The molecule has 0 radical (unpaired) electrons. The summed E-state index contributed by atoms with van der Waals surface area (Å²) in [4.78, 5) is 12.4. The number of carbonyl (C=O) groups excluding carboxylic acids is 1. The van der Waals surface area contributed by atoms with Crippen molar-refractivity contribution in [2.45, 2.75) is 56.7 Å². The monoisotopic (exact) mass is 339 g/mol. The van der Waals surface area contributed by atoms with E-state index in [2.05, 4.69) is 22.5 Å². The van der Waals surface area contributed by atoms with Crippen LogP contribution in [0, 0.1) is 5.92 Å². The Morgan fingerprint density at radius 2 is 2.16 bits per heavy atom. The quantitative estimate of drug-likeness (QED) is 0.848. The molecule has 0 bridgehead atoms. The Bertz CT molecular complexity index is 724. The molecule has 0 aliphatic heterocycles. The number of nitrogens with zero attached hydrogens (tertiary/aromatic N) is 2. The smallest absolute Gasteiger partial charge is 0.224 e. The van der Waals surface area contributed by atoms with E-state index in [4.69, 9.17) is 0 Å². The van der Waals surface area contributed by atoms with Crippen molar-refractivity contribution < 1.29 is 9.90 Å². The highest BCUT2D eigenvalue weighted by Gasteiger charge is 2.34. The molecule has 5 nitrogen and oxygen atoms in total. The Morgan fingerprint density at radius 3 is 2.92 bits per heavy atom. The summed E-state index contributed by atoms with van der Waals surface area (Å²) >= 11 is 0. The lowest BCUT2D eigenvalue weighted by molar-refractivity contribution is -0.121. The summed E-state index contributed by atoms with van der Waals surface area (Å²) < 4.78 is 1.89. The third-order valence-corrected chi connectivity index (χ3v) is 5.34. The van der Waals surface area contributed by atoms with E-state index in [1.165, 1.54) is 18.4 Å². The van der Waals surface area contributed by atoms with Gasteiger partial charge >= 0.3 is 0 Å². The first kappa shape index (κ1) is 16.3. The number of nitrogens with one attached hydrogen (secondary N) is 1. The third kappa shape index (κ3) is 4.10. The summed E-state index contributed by atoms with van der Waals surface area (Å²) in [6.45, 7) is 0.792. The number of hydrogen-bond donors (Lipinski definition) is 2. The number of aliphatic hydroxyl groups excluding tert-OH is 1. The zero-order valence-electron chi connectivity index (χ0n) is 14.3. The van der Waals surface area contributed by atoms with E-state index in [1.54, 1.807) is 6.20 Å². The predicted molar refractivity (Wildman–Crippen MR) is 95.0 cm³/mol. The van der Waals surface area contributed by atoms with Crippen LogP contribution >= 0.6 is 0 Å². The molecule has 1 amide bonds. The van der Waals surface area contributed by atoms with E-state index in [-0.39, 0.29) is 11.9 Å². The molecule has 2 fully saturated rings. The average Bonchev–Trinajstić information content (AvgIpc) is 3.22. The fourth-order valence-electron chi connectivity index (χ4n) is 3.91. The van der Waals surface area contributed by atoms with E-state index in [1.807, 2.05) is 29.1 Å². The van der Waals surface area contributed by atoms with Crippen LogP contribution in [0.2, 0.25) is 0 Å². The number of amides is 1. The number of hydrogen-bond acceptors (Lipinski definition) is 3. The molecule has 0 spiro atoms. The van der Waals surface area contributed by atoms with Crippen LogP contribution in [0.25, 0.3) is 0 Å². The minimum absolute atomic E-state index is 0.00302. The van der Waals surface area contributed by atoms with Gasteiger partial charge in [-0.05, 0) is 54.7 Å². The number of benzene rings is 1. The van der Waals surface area contributed by atoms with Crippen molar-refractivity contribution in [3.8, 4) is 0 Å². The van der Waals surface area contributed by atoms with Gasteiger partial charge < -0.3 is 10.4 Å². The molecule has 2 saturated carbocycles. The maximum absolute atomic E-state index is 12.4. The minimum Gasteiger partial charge on any atom is -0.391 e. The summed E-state index contributed by atoms with van der Waals surface area (Å²) in [5.41, 5.74) is 2.41. The van der Waals surface area contributed by atoms with Crippen molar-refractivity contribution in [3.05, 3.63) is 53.9 Å². The second-order valence-corrected chi connectivity index (χ2v) is 7.50. The highest BCUT2D eigenvalue weighted by Crippen LogP contribution is 2.40. The molecule has 3 atom stereocenters. The Kier molecular flexibility index (Phi) is 4.57. The first-order valence-corrected chi connectivity index (χ1v) is 9.21. The summed E-state index contributed by atoms with van der Waals surface area (Å²) in [5, 5.41) is 17.5. The molecule has 2 N–H and O–H groups in total. The Labute approximate surface area is 148 Å². The van der Waals surface area contributed by atoms with Gasteiger partial charge in [0.25, 0.3) is 0 Å². The van der Waals surface area contributed by atoms with Gasteiger partial charge in [0, 0.05) is 18.9 Å². The average molecular weight is 339 g/mol. The van der Waals surface area contributed by atoms with Gasteiger partial charge in [0.2, 0.25) is 5.91 Å². The zero-order chi connectivity index (χ0) is 17.2. The van der Waals surface area contributed by atoms with Crippen LogP contribution in [0.1, 0.15) is 42.7 Å². The van der Waals surface area contributed by atoms with E-state index in [0.29, 0.717) is 24.7 Å². The van der Waals surface area contributed by atoms with Gasteiger partial charge in [-0.15, -0.1) is 0 Å². The lowest BCUT2D eigenvalue weighted by Crippen LogP contribution is -2.40. The summed E-state index contributed by atoms with van der Waals surface area (Å²) in [7, 11) is 0. The zero-order valence-corrected chi connectivity index (χ0v) is 14.3. The van der Waals surface area contributed by atoms with Crippen LogP contribution in [0.4, 0.5) is 0 Å². The van der Waals surface area contributed by atoms with Gasteiger partial charge in [-0.1, -0.05) is 24.3 Å². The molecular formula is C20H25N3O2. The standard InChI is InChI=1S/C20H25N3O2/c24-19-11-15(13-23-8-2-7-21-23)10-18(19)22-20(25)12-14-3-1-4-17(9-14)16-5-6-16/h1-4,7-9,15-16,18-19,24H,5-6,10-13H2,(H,22,25)/t15?,18-,19-/m1/s1. The van der Waals surface area contributed by atoms with Crippen molar-refractivity contribution in [2.24, 2.45) is 5.92 Å². The molecule has 4 rings (SSSR count). The van der Waals surface area contributed by atoms with Crippen molar-refractivity contribution in [3.63, 3.8) is 0 Å². The van der Waals surface area contributed by atoms with E-state index in [9.17, 15) is 9.90 Å². The molecule has 0 saturated heterocycles. The molecule has 2 aromatic rings. The van der Waals surface area contributed by atoms with Gasteiger partial charge in [-0.25, -0.2) is 0 Å². The van der Waals surface area contributed by atoms with Crippen LogP contribution < -0.4 is 5.32 Å². The molecule has 1 heterocycles. The van der Waals surface area contributed by atoms with Gasteiger partial charge in [-0.3, -0.25) is 9.48 Å². The second-order valence-electron chi connectivity index (χ2n) is 7.50. The van der Waals surface area contributed by atoms with Crippen LogP contribution in [-0.2, 0) is 17.8 Å². The van der Waals surface area contributed by atoms with Crippen molar-refractivity contribution in [2.75, 3.05) is 0 Å². The third-order valence-electron chi connectivity index (χ3n) is 5.34. The molecule has 1 aromatic carbocycles. The summed E-state index contributed by atoms with van der Waals surface area (Å²) in [6, 6.07) is 10.1. The van der Waals surface area contributed by atoms with Gasteiger partial charge in [0.15, 0.2) is 0 Å². The maximum atomic E-state index is 12.4. The van der Waals surface area contributed by atoms with Crippen LogP contribution in [-0.4, -0.2) is 32.9 Å². The Balaban J connectivity index is 1.30. The van der Waals surface area contributed by atoms with E-state index < -0.39 is 6.10 Å². The predicted octanol–water partition coefficient (Wildman–Crippen LogP) is 2.26. The fourth-order valence-corrected chi connectivity index (χ4v) is 3.91.